The monoisotopic (exact) mass is 329 g/mol. The quantitative estimate of drug-likeness (QED) is 0.781. The smallest absolute Gasteiger partial charge is 0.188 e. The van der Waals surface area contributed by atoms with Crippen LogP contribution in [0.5, 0.6) is 0 Å². The number of fused-ring (bicyclic) bond motifs is 1. The summed E-state index contributed by atoms with van der Waals surface area (Å²) in [4.78, 5) is 11.1. The maximum Gasteiger partial charge on any atom is 0.188 e. The Morgan fingerprint density at radius 2 is 2.09 bits per heavy atom. The second kappa shape index (κ2) is 5.28. The molecule has 6 nitrogen and oxygen atoms in total. The summed E-state index contributed by atoms with van der Waals surface area (Å²) in [5, 5.41) is 16.3. The molecule has 7 heteroatoms. The molecule has 4 rings (SSSR count). The van der Waals surface area contributed by atoms with Crippen molar-refractivity contribution in [2.45, 2.75) is 25.4 Å². The molecule has 23 heavy (non-hydrogen) atoms. The Labute approximate surface area is 138 Å². The number of rotatable bonds is 2. The minimum absolute atomic E-state index is 0.686. The fourth-order valence-electron chi connectivity index (χ4n) is 3.20. The second-order valence-electron chi connectivity index (χ2n) is 6.12. The second-order valence-corrected chi connectivity index (χ2v) is 7.10. The highest BCUT2D eigenvalue weighted by Crippen LogP contribution is 2.37. The first kappa shape index (κ1) is 14.6. The Bertz CT molecular complexity index is 798. The average Bonchev–Trinajstić information content (AvgIpc) is 3.11. The van der Waals surface area contributed by atoms with Crippen molar-refractivity contribution in [2.24, 2.45) is 7.05 Å². The Hall–Kier alpha value is -1.99. The summed E-state index contributed by atoms with van der Waals surface area (Å²) >= 11 is 1.68. The molecule has 0 aromatic carbocycles. The van der Waals surface area contributed by atoms with Crippen LogP contribution < -0.4 is 4.90 Å². The number of hydrogen-bond donors (Lipinski definition) is 1. The molecular formula is C16H19N5OS. The van der Waals surface area contributed by atoms with Gasteiger partial charge < -0.3 is 10.0 Å². The van der Waals surface area contributed by atoms with E-state index in [-0.39, 0.29) is 0 Å². The van der Waals surface area contributed by atoms with Gasteiger partial charge in [-0.1, -0.05) is 17.4 Å². The lowest BCUT2D eigenvalue weighted by Crippen LogP contribution is -2.42. The zero-order valence-electron chi connectivity index (χ0n) is 13.2. The van der Waals surface area contributed by atoms with E-state index in [1.165, 1.54) is 0 Å². The number of hydrogen-bond acceptors (Lipinski definition) is 6. The van der Waals surface area contributed by atoms with E-state index in [1.54, 1.807) is 23.7 Å². The summed E-state index contributed by atoms with van der Waals surface area (Å²) in [5.74, 6) is 0. The molecule has 0 radical (unpaired) electrons. The number of anilines is 1. The number of aliphatic hydroxyl groups is 1. The summed E-state index contributed by atoms with van der Waals surface area (Å²) in [7, 11) is 1.93. The van der Waals surface area contributed by atoms with Crippen molar-refractivity contribution in [3.8, 4) is 0 Å². The van der Waals surface area contributed by atoms with Crippen molar-refractivity contribution < 1.29 is 5.11 Å². The Kier molecular flexibility index (Phi) is 3.35. The Morgan fingerprint density at radius 3 is 2.74 bits per heavy atom. The predicted molar refractivity (Wildman–Crippen MR) is 90.7 cm³/mol. The van der Waals surface area contributed by atoms with Gasteiger partial charge in [0.25, 0.3) is 0 Å². The van der Waals surface area contributed by atoms with E-state index in [4.69, 9.17) is 4.98 Å². The van der Waals surface area contributed by atoms with E-state index in [0.717, 1.165) is 39.8 Å². The standard InChI is InChI=1S/C16H19N5OS/c1-11-13-14(20(2)19-11)18-15(23-13)21-8-5-16(22,6-9-21)12-4-3-7-17-10-12/h3-4,7,10,22H,5-6,8-9H2,1-2H3. The van der Waals surface area contributed by atoms with Crippen molar-refractivity contribution >= 4 is 26.8 Å². The third-order valence-corrected chi connectivity index (χ3v) is 5.81. The van der Waals surface area contributed by atoms with Crippen molar-refractivity contribution in [3.05, 3.63) is 35.8 Å². The highest BCUT2D eigenvalue weighted by Gasteiger charge is 2.35. The first-order valence-corrected chi connectivity index (χ1v) is 8.56. The van der Waals surface area contributed by atoms with Gasteiger partial charge >= 0.3 is 0 Å². The molecule has 1 fully saturated rings. The fraction of sp³-hybridized carbons (Fsp3) is 0.438. The Morgan fingerprint density at radius 1 is 1.30 bits per heavy atom. The van der Waals surface area contributed by atoms with Gasteiger partial charge in [-0.15, -0.1) is 0 Å². The molecule has 3 aromatic heterocycles. The minimum atomic E-state index is -0.779. The number of aryl methyl sites for hydroxylation is 2. The van der Waals surface area contributed by atoms with Crippen LogP contribution in [-0.2, 0) is 12.6 Å². The lowest BCUT2D eigenvalue weighted by molar-refractivity contribution is 0.0115. The van der Waals surface area contributed by atoms with E-state index >= 15 is 0 Å². The van der Waals surface area contributed by atoms with Crippen LogP contribution in [0.15, 0.2) is 24.5 Å². The molecule has 120 valence electrons. The molecule has 3 aromatic rings. The van der Waals surface area contributed by atoms with Crippen LogP contribution >= 0.6 is 11.3 Å². The van der Waals surface area contributed by atoms with Gasteiger partial charge in [-0.2, -0.15) is 5.10 Å². The molecule has 0 amide bonds. The number of nitrogens with zero attached hydrogens (tertiary/aromatic N) is 5. The molecule has 0 atom stereocenters. The fourth-order valence-corrected chi connectivity index (χ4v) is 4.29. The van der Waals surface area contributed by atoms with Crippen LogP contribution in [0, 0.1) is 6.92 Å². The molecule has 1 aliphatic heterocycles. The molecule has 4 heterocycles. The summed E-state index contributed by atoms with van der Waals surface area (Å²) in [5.41, 5.74) is 2.09. The summed E-state index contributed by atoms with van der Waals surface area (Å²) in [6.45, 7) is 3.59. The van der Waals surface area contributed by atoms with Crippen molar-refractivity contribution in [3.63, 3.8) is 0 Å². The van der Waals surface area contributed by atoms with Crippen molar-refractivity contribution in [2.75, 3.05) is 18.0 Å². The van der Waals surface area contributed by atoms with Gasteiger partial charge in [-0.05, 0) is 25.8 Å². The van der Waals surface area contributed by atoms with E-state index in [9.17, 15) is 5.11 Å². The molecule has 0 unspecified atom stereocenters. The number of aromatic nitrogens is 4. The van der Waals surface area contributed by atoms with Gasteiger partial charge in [-0.25, -0.2) is 9.67 Å². The largest absolute Gasteiger partial charge is 0.385 e. The molecule has 1 N–H and O–H groups in total. The van der Waals surface area contributed by atoms with Gasteiger partial charge in [0.15, 0.2) is 10.8 Å². The van der Waals surface area contributed by atoms with Crippen LogP contribution in [0.1, 0.15) is 24.1 Å². The van der Waals surface area contributed by atoms with E-state index in [2.05, 4.69) is 15.0 Å². The number of piperidine rings is 1. The Balaban J connectivity index is 1.56. The molecule has 1 aliphatic rings. The third kappa shape index (κ3) is 2.40. The molecule has 1 saturated heterocycles. The molecular weight excluding hydrogens is 310 g/mol. The maximum atomic E-state index is 10.9. The topological polar surface area (TPSA) is 67.1 Å². The summed E-state index contributed by atoms with van der Waals surface area (Å²) < 4.78 is 2.98. The molecule has 0 aliphatic carbocycles. The third-order valence-electron chi connectivity index (χ3n) is 4.59. The molecule has 0 spiro atoms. The maximum absolute atomic E-state index is 10.9. The SMILES string of the molecule is Cc1nn(C)c2nc(N3CCC(O)(c4cccnc4)CC3)sc12. The van der Waals surface area contributed by atoms with Gasteiger partial charge in [0.1, 0.15) is 0 Å². The van der Waals surface area contributed by atoms with E-state index < -0.39 is 5.60 Å². The summed E-state index contributed by atoms with van der Waals surface area (Å²) in [6, 6.07) is 3.83. The predicted octanol–water partition coefficient (Wildman–Crippen LogP) is 2.22. The molecule has 0 bridgehead atoms. The van der Waals surface area contributed by atoms with E-state index in [1.807, 2.05) is 30.8 Å². The van der Waals surface area contributed by atoms with Gasteiger partial charge in [0, 0.05) is 38.1 Å². The van der Waals surface area contributed by atoms with Gasteiger partial charge in [0.05, 0.1) is 16.0 Å². The van der Waals surface area contributed by atoms with Crippen LogP contribution in [-0.4, -0.2) is 37.9 Å². The number of thiazole rings is 1. The highest BCUT2D eigenvalue weighted by atomic mass is 32.1. The highest BCUT2D eigenvalue weighted by molar-refractivity contribution is 7.22. The first-order valence-electron chi connectivity index (χ1n) is 7.75. The van der Waals surface area contributed by atoms with Crippen LogP contribution in [0.3, 0.4) is 0 Å². The van der Waals surface area contributed by atoms with Crippen LogP contribution in [0.25, 0.3) is 10.3 Å². The normalized spacial score (nSPS) is 17.8. The lowest BCUT2D eigenvalue weighted by atomic mass is 9.85. The van der Waals surface area contributed by atoms with E-state index in [0.29, 0.717) is 12.8 Å². The number of pyridine rings is 1. The van der Waals surface area contributed by atoms with Gasteiger partial charge in [0.2, 0.25) is 0 Å². The minimum Gasteiger partial charge on any atom is -0.385 e. The zero-order chi connectivity index (χ0) is 16.0. The lowest BCUT2D eigenvalue weighted by Gasteiger charge is -2.38. The van der Waals surface area contributed by atoms with Crippen molar-refractivity contribution in [1.29, 1.82) is 0 Å². The summed E-state index contributed by atoms with van der Waals surface area (Å²) in [6.07, 6.45) is 4.87. The molecule has 0 saturated carbocycles. The average molecular weight is 329 g/mol. The van der Waals surface area contributed by atoms with Crippen LogP contribution in [0.2, 0.25) is 0 Å². The van der Waals surface area contributed by atoms with Gasteiger partial charge in [-0.3, -0.25) is 4.98 Å². The van der Waals surface area contributed by atoms with Crippen molar-refractivity contribution in [1.82, 2.24) is 19.7 Å². The van der Waals surface area contributed by atoms with Crippen LogP contribution in [0.4, 0.5) is 5.13 Å². The first-order chi connectivity index (χ1) is 11.1. The zero-order valence-corrected chi connectivity index (χ0v) is 14.0.